The minimum absolute atomic E-state index is 0.0607. The Labute approximate surface area is 221 Å². The largest absolute Gasteiger partial charge is 0.349 e. The topological polar surface area (TPSA) is 78.5 Å². The fourth-order valence-corrected chi connectivity index (χ4v) is 5.48. The maximum absolute atomic E-state index is 15.2. The van der Waals surface area contributed by atoms with E-state index in [0.717, 1.165) is 28.2 Å². The average molecular weight is 530 g/mol. The Kier molecular flexibility index (Phi) is 7.59. The Morgan fingerprint density at radius 2 is 1.63 bits per heavy atom. The van der Waals surface area contributed by atoms with Crippen LogP contribution in [0.5, 0.6) is 0 Å². The molecular weight excluding hydrogens is 495 g/mol. The van der Waals surface area contributed by atoms with E-state index >= 15 is 4.39 Å². The molecule has 2 aromatic carbocycles. The number of hydrogen-bond donors (Lipinski definition) is 2. The first kappa shape index (κ1) is 27.7. The van der Waals surface area contributed by atoms with Gasteiger partial charge in [0.25, 0.3) is 0 Å². The molecule has 3 atom stereocenters. The van der Waals surface area contributed by atoms with Crippen LogP contribution in [0.15, 0.2) is 36.4 Å². The third-order valence-corrected chi connectivity index (χ3v) is 7.09. The molecule has 1 aliphatic carbocycles. The highest BCUT2D eigenvalue weighted by atomic mass is 19.2. The summed E-state index contributed by atoms with van der Waals surface area (Å²) in [6, 6.07) is 5.70. The van der Waals surface area contributed by atoms with Gasteiger partial charge in [-0.25, -0.2) is 13.2 Å². The van der Waals surface area contributed by atoms with Crippen LogP contribution in [-0.4, -0.2) is 40.2 Å². The van der Waals surface area contributed by atoms with Gasteiger partial charge in [0.05, 0.1) is 0 Å². The van der Waals surface area contributed by atoms with Crippen LogP contribution in [0.4, 0.5) is 13.2 Å². The molecule has 3 amide bonds. The summed E-state index contributed by atoms with van der Waals surface area (Å²) in [6.45, 7) is 8.84. The van der Waals surface area contributed by atoms with Crippen LogP contribution in [0.25, 0.3) is 0 Å². The third kappa shape index (κ3) is 5.42. The van der Waals surface area contributed by atoms with Crippen LogP contribution >= 0.6 is 0 Å². The van der Waals surface area contributed by atoms with E-state index < -0.39 is 64.4 Å². The number of carbonyl (C=O) groups is 3. The number of fused-ring (bicyclic) bond motifs is 1. The SMILES string of the molecule is CC(C)C[C@@H]1C(=O)N[C@H](C2Cc3ccccc3C2)C(=O)N1[C@@H](C(=O)NC(C)(C)C)c1ccc(F)c(F)c1F. The second kappa shape index (κ2) is 10.4. The highest BCUT2D eigenvalue weighted by Gasteiger charge is 2.50. The average Bonchev–Trinajstić information content (AvgIpc) is 3.25. The molecule has 38 heavy (non-hydrogen) atoms. The van der Waals surface area contributed by atoms with Gasteiger partial charge >= 0.3 is 0 Å². The molecule has 0 spiro atoms. The summed E-state index contributed by atoms with van der Waals surface area (Å²) in [7, 11) is 0. The number of nitrogens with one attached hydrogen (secondary N) is 2. The summed E-state index contributed by atoms with van der Waals surface area (Å²) >= 11 is 0. The first-order valence-corrected chi connectivity index (χ1v) is 12.9. The van der Waals surface area contributed by atoms with Crippen molar-refractivity contribution in [1.82, 2.24) is 15.5 Å². The summed E-state index contributed by atoms with van der Waals surface area (Å²) in [4.78, 5) is 42.5. The van der Waals surface area contributed by atoms with Gasteiger partial charge in [-0.3, -0.25) is 14.4 Å². The van der Waals surface area contributed by atoms with Gasteiger partial charge in [-0.15, -0.1) is 0 Å². The number of amides is 3. The Hall–Kier alpha value is -3.36. The van der Waals surface area contributed by atoms with Crippen molar-refractivity contribution in [2.45, 2.75) is 77.5 Å². The lowest BCUT2D eigenvalue weighted by atomic mass is 9.87. The lowest BCUT2D eigenvalue weighted by molar-refractivity contribution is -0.158. The molecule has 1 fully saturated rings. The highest BCUT2D eigenvalue weighted by molar-refractivity contribution is 6.00. The van der Waals surface area contributed by atoms with Crippen LogP contribution in [0.2, 0.25) is 0 Å². The van der Waals surface area contributed by atoms with Crippen molar-refractivity contribution in [2.75, 3.05) is 0 Å². The van der Waals surface area contributed by atoms with E-state index in [0.29, 0.717) is 12.8 Å². The van der Waals surface area contributed by atoms with Crippen molar-refractivity contribution >= 4 is 17.7 Å². The number of rotatable bonds is 6. The van der Waals surface area contributed by atoms with Crippen molar-refractivity contribution in [3.05, 3.63) is 70.5 Å². The van der Waals surface area contributed by atoms with Crippen molar-refractivity contribution in [3.63, 3.8) is 0 Å². The molecule has 1 aliphatic heterocycles. The van der Waals surface area contributed by atoms with Crippen LogP contribution in [0.3, 0.4) is 0 Å². The van der Waals surface area contributed by atoms with Gasteiger partial charge in [0.15, 0.2) is 17.5 Å². The molecule has 0 radical (unpaired) electrons. The molecule has 4 rings (SSSR count). The maximum atomic E-state index is 15.2. The van der Waals surface area contributed by atoms with Gasteiger partial charge < -0.3 is 15.5 Å². The number of nitrogens with zero attached hydrogens (tertiary/aromatic N) is 1. The number of carbonyl (C=O) groups excluding carboxylic acids is 3. The van der Waals surface area contributed by atoms with Gasteiger partial charge in [-0.1, -0.05) is 44.2 Å². The van der Waals surface area contributed by atoms with Crippen LogP contribution in [0.1, 0.15) is 63.8 Å². The van der Waals surface area contributed by atoms with E-state index in [1.54, 1.807) is 20.8 Å². The fourth-order valence-electron chi connectivity index (χ4n) is 5.48. The predicted octanol–water partition coefficient (Wildman–Crippen LogP) is 4.22. The molecule has 0 bridgehead atoms. The Morgan fingerprint density at radius 1 is 1.03 bits per heavy atom. The number of halogens is 3. The first-order chi connectivity index (χ1) is 17.8. The summed E-state index contributed by atoms with van der Waals surface area (Å²) in [5, 5.41) is 5.60. The number of piperazine rings is 1. The molecule has 0 aromatic heterocycles. The Bertz CT molecular complexity index is 1230. The summed E-state index contributed by atoms with van der Waals surface area (Å²) in [5.74, 6) is -6.85. The van der Waals surface area contributed by atoms with Crippen LogP contribution in [-0.2, 0) is 27.2 Å². The molecule has 2 N–H and O–H groups in total. The van der Waals surface area contributed by atoms with E-state index in [2.05, 4.69) is 10.6 Å². The highest BCUT2D eigenvalue weighted by Crippen LogP contribution is 2.36. The zero-order chi connectivity index (χ0) is 27.9. The van der Waals surface area contributed by atoms with Gasteiger partial charge in [0, 0.05) is 11.1 Å². The standard InChI is InChI=1S/C29H34F3N3O3/c1-15(2)12-21-26(36)33-24(18-13-16-8-6-7-9-17(16)14-18)28(38)35(21)25(27(37)34-29(3,4)5)19-10-11-20(30)23(32)22(19)31/h6-11,15,18,21,24-25H,12-14H2,1-5H3,(H,33,36)(H,34,37)/t21-,24-,25-/m1/s1. The molecule has 0 unspecified atom stereocenters. The Morgan fingerprint density at radius 3 is 2.18 bits per heavy atom. The summed E-state index contributed by atoms with van der Waals surface area (Å²) < 4.78 is 43.5. The second-order valence-electron chi connectivity index (χ2n) is 11.7. The van der Waals surface area contributed by atoms with Crippen LogP contribution in [0, 0.1) is 29.3 Å². The van der Waals surface area contributed by atoms with Gasteiger partial charge in [0.1, 0.15) is 18.1 Å². The molecule has 204 valence electrons. The maximum Gasteiger partial charge on any atom is 0.247 e. The molecule has 1 saturated heterocycles. The zero-order valence-corrected chi connectivity index (χ0v) is 22.3. The number of hydrogen-bond acceptors (Lipinski definition) is 3. The second-order valence-corrected chi connectivity index (χ2v) is 11.7. The molecular formula is C29H34F3N3O3. The lowest BCUT2D eigenvalue weighted by Crippen LogP contribution is -2.67. The van der Waals surface area contributed by atoms with Gasteiger partial charge in [-0.05, 0) is 69.1 Å². The fraction of sp³-hybridized carbons (Fsp3) is 0.483. The van der Waals surface area contributed by atoms with E-state index in [4.69, 9.17) is 0 Å². The normalized spacial score (nSPS) is 20.9. The molecule has 6 nitrogen and oxygen atoms in total. The smallest absolute Gasteiger partial charge is 0.247 e. The monoisotopic (exact) mass is 529 g/mol. The minimum atomic E-state index is -1.74. The molecule has 0 saturated carbocycles. The molecule has 1 heterocycles. The summed E-state index contributed by atoms with van der Waals surface area (Å²) in [6.07, 6.45) is 1.29. The van der Waals surface area contributed by atoms with Crippen molar-refractivity contribution in [1.29, 1.82) is 0 Å². The number of benzene rings is 2. The van der Waals surface area contributed by atoms with Crippen molar-refractivity contribution < 1.29 is 27.6 Å². The minimum Gasteiger partial charge on any atom is -0.349 e. The zero-order valence-electron chi connectivity index (χ0n) is 22.3. The van der Waals surface area contributed by atoms with Gasteiger partial charge in [0.2, 0.25) is 17.7 Å². The Balaban J connectivity index is 1.82. The molecule has 9 heteroatoms. The summed E-state index contributed by atoms with van der Waals surface area (Å²) in [5.41, 5.74) is 0.856. The quantitative estimate of drug-likeness (QED) is 0.551. The van der Waals surface area contributed by atoms with E-state index in [1.165, 1.54) is 0 Å². The first-order valence-electron chi connectivity index (χ1n) is 12.9. The predicted molar refractivity (Wildman–Crippen MR) is 136 cm³/mol. The lowest BCUT2D eigenvalue weighted by Gasteiger charge is -2.45. The van der Waals surface area contributed by atoms with Crippen molar-refractivity contribution in [2.24, 2.45) is 11.8 Å². The van der Waals surface area contributed by atoms with E-state index in [-0.39, 0.29) is 18.3 Å². The van der Waals surface area contributed by atoms with E-state index in [1.807, 2.05) is 38.1 Å². The van der Waals surface area contributed by atoms with Crippen LogP contribution < -0.4 is 10.6 Å². The van der Waals surface area contributed by atoms with E-state index in [9.17, 15) is 23.2 Å². The molecule has 2 aromatic rings. The van der Waals surface area contributed by atoms with Gasteiger partial charge in [-0.2, -0.15) is 0 Å². The third-order valence-electron chi connectivity index (χ3n) is 7.09. The molecule has 2 aliphatic rings. The van der Waals surface area contributed by atoms with Crippen molar-refractivity contribution in [3.8, 4) is 0 Å².